The minimum absolute atomic E-state index is 0.142. The molecule has 1 amide bonds. The second-order valence-corrected chi connectivity index (χ2v) is 4.67. The van der Waals surface area contributed by atoms with Gasteiger partial charge in [-0.05, 0) is 40.2 Å². The van der Waals surface area contributed by atoms with Crippen molar-refractivity contribution in [1.29, 1.82) is 0 Å². The van der Waals surface area contributed by atoms with Crippen molar-refractivity contribution >= 4 is 39.1 Å². The lowest BCUT2D eigenvalue weighted by atomic mass is 10.3. The Morgan fingerprint density at radius 1 is 1.53 bits per heavy atom. The fourth-order valence-corrected chi connectivity index (χ4v) is 2.10. The molecule has 6 heteroatoms. The van der Waals surface area contributed by atoms with Crippen LogP contribution >= 0.6 is 27.5 Å². The molecule has 1 aromatic heterocycles. The van der Waals surface area contributed by atoms with Gasteiger partial charge in [0.2, 0.25) is 5.91 Å². The normalized spacial score (nSPS) is 10.2. The Labute approximate surface area is 112 Å². The fourth-order valence-electron chi connectivity index (χ4n) is 1.32. The molecule has 88 valence electrons. The van der Waals surface area contributed by atoms with Crippen LogP contribution in [0.3, 0.4) is 0 Å². The summed E-state index contributed by atoms with van der Waals surface area (Å²) in [5.41, 5.74) is 0.687. The topological polar surface area (TPSA) is 46.9 Å². The Balaban J connectivity index is 2.03. The summed E-state index contributed by atoms with van der Waals surface area (Å²) in [5.74, 6) is -0.142. The number of nitrogens with zero attached hydrogens (tertiary/aromatic N) is 2. The average molecular weight is 315 g/mol. The Morgan fingerprint density at radius 2 is 2.35 bits per heavy atom. The van der Waals surface area contributed by atoms with Gasteiger partial charge in [-0.3, -0.25) is 9.48 Å². The molecule has 0 spiro atoms. The molecule has 0 bridgehead atoms. The summed E-state index contributed by atoms with van der Waals surface area (Å²) in [5, 5.41) is 7.34. The number of hydrogen-bond acceptors (Lipinski definition) is 2. The molecule has 0 atom stereocenters. The van der Waals surface area contributed by atoms with E-state index in [4.69, 9.17) is 11.6 Å². The van der Waals surface area contributed by atoms with Crippen LogP contribution in [0.1, 0.15) is 0 Å². The summed E-state index contributed by atoms with van der Waals surface area (Å²) >= 11 is 9.14. The van der Waals surface area contributed by atoms with Crippen molar-refractivity contribution in [3.05, 3.63) is 46.2 Å². The van der Waals surface area contributed by atoms with E-state index in [2.05, 4.69) is 26.3 Å². The highest BCUT2D eigenvalue weighted by Gasteiger charge is 2.06. The highest BCUT2D eigenvalue weighted by molar-refractivity contribution is 9.10. The summed E-state index contributed by atoms with van der Waals surface area (Å²) in [7, 11) is 0. The number of halogens is 2. The molecule has 0 unspecified atom stereocenters. The standard InChI is InChI=1S/C11H9BrClN3O/c12-9-6-8(13)2-3-10(9)15-11(17)7-16-5-1-4-14-16/h1-6H,7H2,(H,15,17). The lowest BCUT2D eigenvalue weighted by Gasteiger charge is -2.07. The van der Waals surface area contributed by atoms with Gasteiger partial charge in [-0.15, -0.1) is 0 Å². The number of hydrogen-bond donors (Lipinski definition) is 1. The molecule has 17 heavy (non-hydrogen) atoms. The molecule has 0 radical (unpaired) electrons. The number of nitrogens with one attached hydrogen (secondary N) is 1. The molecule has 1 aromatic carbocycles. The summed E-state index contributed by atoms with van der Waals surface area (Å²) in [4.78, 5) is 11.7. The van der Waals surface area contributed by atoms with Crippen LogP contribution in [0.5, 0.6) is 0 Å². The van der Waals surface area contributed by atoms with E-state index < -0.39 is 0 Å². The Morgan fingerprint density at radius 3 is 3.00 bits per heavy atom. The van der Waals surface area contributed by atoms with E-state index in [9.17, 15) is 4.79 Å². The lowest BCUT2D eigenvalue weighted by Crippen LogP contribution is -2.19. The van der Waals surface area contributed by atoms with Gasteiger partial charge in [0.05, 0.1) is 5.69 Å². The smallest absolute Gasteiger partial charge is 0.246 e. The maximum Gasteiger partial charge on any atom is 0.246 e. The predicted molar refractivity (Wildman–Crippen MR) is 70.0 cm³/mol. The van der Waals surface area contributed by atoms with Gasteiger partial charge in [-0.1, -0.05) is 11.6 Å². The van der Waals surface area contributed by atoms with Crippen LogP contribution in [0.15, 0.2) is 41.1 Å². The van der Waals surface area contributed by atoms with Crippen LogP contribution in [0.4, 0.5) is 5.69 Å². The first-order valence-corrected chi connectivity index (χ1v) is 6.04. The maximum absolute atomic E-state index is 11.7. The molecule has 0 saturated carbocycles. The van der Waals surface area contributed by atoms with Crippen LogP contribution in [-0.4, -0.2) is 15.7 Å². The predicted octanol–water partition coefficient (Wildman–Crippen LogP) is 2.94. The second-order valence-electron chi connectivity index (χ2n) is 3.38. The number of rotatable bonds is 3. The number of anilines is 1. The third-order valence-electron chi connectivity index (χ3n) is 2.07. The molecule has 0 aliphatic heterocycles. The summed E-state index contributed by atoms with van der Waals surface area (Å²) in [6.07, 6.45) is 3.36. The van der Waals surface area contributed by atoms with Crippen LogP contribution in [0, 0.1) is 0 Å². The molecule has 2 rings (SSSR count). The van der Waals surface area contributed by atoms with Gasteiger partial charge in [-0.2, -0.15) is 5.10 Å². The molecule has 0 aliphatic rings. The van der Waals surface area contributed by atoms with E-state index in [1.165, 1.54) is 0 Å². The van der Waals surface area contributed by atoms with Crippen molar-refractivity contribution in [3.63, 3.8) is 0 Å². The van der Waals surface area contributed by atoms with Crippen molar-refractivity contribution in [2.45, 2.75) is 6.54 Å². The van der Waals surface area contributed by atoms with Crippen LogP contribution in [-0.2, 0) is 11.3 Å². The number of carbonyl (C=O) groups excluding carboxylic acids is 1. The summed E-state index contributed by atoms with van der Waals surface area (Å²) < 4.78 is 2.30. The summed E-state index contributed by atoms with van der Waals surface area (Å²) in [6.45, 7) is 0.183. The van der Waals surface area contributed by atoms with E-state index in [1.807, 2.05) is 0 Å². The Hall–Kier alpha value is -1.33. The molecule has 0 saturated heterocycles. The molecule has 2 aromatic rings. The molecule has 1 heterocycles. The van der Waals surface area contributed by atoms with Gasteiger partial charge in [0.25, 0.3) is 0 Å². The van der Waals surface area contributed by atoms with Crippen molar-refractivity contribution < 1.29 is 4.79 Å². The first-order valence-electron chi connectivity index (χ1n) is 4.87. The summed E-state index contributed by atoms with van der Waals surface area (Å²) in [6, 6.07) is 6.96. The zero-order chi connectivity index (χ0) is 12.3. The zero-order valence-electron chi connectivity index (χ0n) is 8.73. The van der Waals surface area contributed by atoms with Crippen molar-refractivity contribution in [2.24, 2.45) is 0 Å². The monoisotopic (exact) mass is 313 g/mol. The van der Waals surface area contributed by atoms with Gasteiger partial charge < -0.3 is 5.32 Å². The van der Waals surface area contributed by atoms with E-state index >= 15 is 0 Å². The maximum atomic E-state index is 11.7. The largest absolute Gasteiger partial charge is 0.323 e. The van der Waals surface area contributed by atoms with Gasteiger partial charge in [-0.25, -0.2) is 0 Å². The molecular formula is C11H9BrClN3O. The van der Waals surface area contributed by atoms with E-state index in [0.29, 0.717) is 10.7 Å². The van der Waals surface area contributed by atoms with Crippen LogP contribution in [0.2, 0.25) is 5.02 Å². The molecular weight excluding hydrogens is 305 g/mol. The first kappa shape index (κ1) is 12.1. The molecule has 0 fully saturated rings. The number of aromatic nitrogens is 2. The van der Waals surface area contributed by atoms with Gasteiger partial charge >= 0.3 is 0 Å². The van der Waals surface area contributed by atoms with Crippen LogP contribution < -0.4 is 5.32 Å². The minimum Gasteiger partial charge on any atom is -0.323 e. The van der Waals surface area contributed by atoms with Crippen LogP contribution in [0.25, 0.3) is 0 Å². The zero-order valence-corrected chi connectivity index (χ0v) is 11.1. The first-order chi connectivity index (χ1) is 8.15. The van der Waals surface area contributed by atoms with E-state index in [1.54, 1.807) is 41.3 Å². The number of amides is 1. The Kier molecular flexibility index (Phi) is 3.81. The van der Waals surface area contributed by atoms with E-state index in [-0.39, 0.29) is 12.5 Å². The lowest BCUT2D eigenvalue weighted by molar-refractivity contribution is -0.116. The van der Waals surface area contributed by atoms with Crippen molar-refractivity contribution in [3.8, 4) is 0 Å². The number of benzene rings is 1. The third kappa shape index (κ3) is 3.31. The van der Waals surface area contributed by atoms with Crippen molar-refractivity contribution in [1.82, 2.24) is 9.78 Å². The average Bonchev–Trinajstić information content (AvgIpc) is 2.75. The molecule has 0 aliphatic carbocycles. The fraction of sp³-hybridized carbons (Fsp3) is 0.0909. The van der Waals surface area contributed by atoms with Gasteiger partial charge in [0.1, 0.15) is 6.54 Å². The van der Waals surface area contributed by atoms with Gasteiger partial charge in [0.15, 0.2) is 0 Å². The SMILES string of the molecule is O=C(Cn1cccn1)Nc1ccc(Cl)cc1Br. The second kappa shape index (κ2) is 5.33. The minimum atomic E-state index is -0.142. The molecule has 1 N–H and O–H groups in total. The van der Waals surface area contributed by atoms with Crippen molar-refractivity contribution in [2.75, 3.05) is 5.32 Å². The Bertz CT molecular complexity index is 528. The number of carbonyl (C=O) groups is 1. The third-order valence-corrected chi connectivity index (χ3v) is 2.96. The molecule has 4 nitrogen and oxygen atoms in total. The highest BCUT2D eigenvalue weighted by atomic mass is 79.9. The van der Waals surface area contributed by atoms with Gasteiger partial charge in [0, 0.05) is 21.9 Å². The highest BCUT2D eigenvalue weighted by Crippen LogP contribution is 2.25. The van der Waals surface area contributed by atoms with E-state index in [0.717, 1.165) is 4.47 Å². The quantitative estimate of drug-likeness (QED) is 0.947.